The van der Waals surface area contributed by atoms with Gasteiger partial charge in [0.05, 0.1) is 12.1 Å². The van der Waals surface area contributed by atoms with Crippen molar-refractivity contribution in [2.24, 2.45) is 0 Å². The van der Waals surface area contributed by atoms with Crippen LogP contribution < -0.4 is 4.74 Å². The van der Waals surface area contributed by atoms with Crippen LogP contribution in [0.5, 0.6) is 5.75 Å². The fourth-order valence-corrected chi connectivity index (χ4v) is 3.69. The van der Waals surface area contributed by atoms with Crippen LogP contribution in [0.25, 0.3) is 0 Å². The summed E-state index contributed by atoms with van der Waals surface area (Å²) in [7, 11) is 1.68. The van der Waals surface area contributed by atoms with Crippen molar-refractivity contribution in [1.29, 1.82) is 0 Å². The smallest absolute Gasteiger partial charge is 0.141 e. The van der Waals surface area contributed by atoms with Gasteiger partial charge in [0.25, 0.3) is 0 Å². The summed E-state index contributed by atoms with van der Waals surface area (Å²) in [6.45, 7) is 0.977. The van der Waals surface area contributed by atoms with Crippen molar-refractivity contribution in [2.45, 2.75) is 19.3 Å². The Hall–Kier alpha value is -0.650. The molecule has 1 aromatic rings. The molecule has 0 atom stereocenters. The van der Waals surface area contributed by atoms with Crippen LogP contribution >= 0.6 is 36.2 Å². The molecule has 0 saturated carbocycles. The first-order chi connectivity index (χ1) is 9.20. The van der Waals surface area contributed by atoms with E-state index in [0.29, 0.717) is 0 Å². The maximum atomic E-state index is 5.45. The molecule has 5 heteroatoms. The number of hydrogen-bond acceptors (Lipinski definition) is 4. The average molecular weight is 311 g/mol. The van der Waals surface area contributed by atoms with Gasteiger partial charge in [-0.3, -0.25) is 0 Å². The third-order valence-corrected chi connectivity index (χ3v) is 4.93. The molecule has 1 fully saturated rings. The standard InChI is InChI=1S/C14H17NOS3/c1-16-12-7-5-11(6-8-12)3-2-4-13(17)15-9-10-19-14(15)18/h5-8H,2-4,9-10H2,1H3. The van der Waals surface area contributed by atoms with Gasteiger partial charge in [0, 0.05) is 12.3 Å². The van der Waals surface area contributed by atoms with Crippen molar-refractivity contribution in [1.82, 2.24) is 4.90 Å². The lowest BCUT2D eigenvalue weighted by atomic mass is 10.1. The second kappa shape index (κ2) is 7.22. The van der Waals surface area contributed by atoms with Gasteiger partial charge in [-0.2, -0.15) is 0 Å². The number of thioether (sulfide) groups is 1. The van der Waals surface area contributed by atoms with E-state index >= 15 is 0 Å². The van der Waals surface area contributed by atoms with Crippen LogP contribution in [0.2, 0.25) is 0 Å². The summed E-state index contributed by atoms with van der Waals surface area (Å²) in [6, 6.07) is 8.22. The topological polar surface area (TPSA) is 12.5 Å². The van der Waals surface area contributed by atoms with E-state index in [4.69, 9.17) is 29.2 Å². The van der Waals surface area contributed by atoms with Crippen molar-refractivity contribution in [3.63, 3.8) is 0 Å². The second-order valence-electron chi connectivity index (χ2n) is 4.36. The summed E-state index contributed by atoms with van der Waals surface area (Å²) in [5, 5.41) is 0. The SMILES string of the molecule is COc1ccc(CCCC(=S)N2CCSC2=S)cc1. The Morgan fingerprint density at radius 2 is 2.11 bits per heavy atom. The first-order valence-electron chi connectivity index (χ1n) is 6.31. The molecular formula is C14H17NOS3. The zero-order valence-corrected chi connectivity index (χ0v) is 13.4. The van der Waals surface area contributed by atoms with Crippen LogP contribution in [-0.2, 0) is 6.42 Å². The van der Waals surface area contributed by atoms with Crippen molar-refractivity contribution in [3.8, 4) is 5.75 Å². The van der Waals surface area contributed by atoms with E-state index in [2.05, 4.69) is 17.0 Å². The third kappa shape index (κ3) is 4.16. The first-order valence-corrected chi connectivity index (χ1v) is 8.11. The number of benzene rings is 1. The largest absolute Gasteiger partial charge is 0.497 e. The predicted octanol–water partition coefficient (Wildman–Crippen LogP) is 3.68. The Bertz CT molecular complexity index is 458. The van der Waals surface area contributed by atoms with Crippen LogP contribution in [0.3, 0.4) is 0 Å². The molecule has 1 aromatic carbocycles. The molecule has 2 rings (SSSR count). The summed E-state index contributed by atoms with van der Waals surface area (Å²) in [4.78, 5) is 3.09. The Balaban J connectivity index is 1.76. The van der Waals surface area contributed by atoms with Crippen LogP contribution in [0.4, 0.5) is 0 Å². The number of hydrogen-bond donors (Lipinski definition) is 0. The summed E-state index contributed by atoms with van der Waals surface area (Å²) < 4.78 is 6.09. The van der Waals surface area contributed by atoms with E-state index < -0.39 is 0 Å². The lowest BCUT2D eigenvalue weighted by Crippen LogP contribution is -2.28. The normalized spacial score (nSPS) is 14.8. The predicted molar refractivity (Wildman–Crippen MR) is 90.3 cm³/mol. The van der Waals surface area contributed by atoms with Crippen molar-refractivity contribution in [2.75, 3.05) is 19.4 Å². The average Bonchev–Trinajstić information content (AvgIpc) is 2.86. The van der Waals surface area contributed by atoms with Gasteiger partial charge in [-0.15, -0.1) is 0 Å². The lowest BCUT2D eigenvalue weighted by molar-refractivity contribution is 0.414. The highest BCUT2D eigenvalue weighted by atomic mass is 32.2. The molecule has 1 aliphatic rings. The fourth-order valence-electron chi connectivity index (χ4n) is 1.99. The van der Waals surface area contributed by atoms with E-state index in [1.807, 2.05) is 12.1 Å². The van der Waals surface area contributed by atoms with Crippen LogP contribution in [0.1, 0.15) is 18.4 Å². The Morgan fingerprint density at radius 1 is 1.37 bits per heavy atom. The monoisotopic (exact) mass is 311 g/mol. The maximum absolute atomic E-state index is 5.45. The van der Waals surface area contributed by atoms with Gasteiger partial charge >= 0.3 is 0 Å². The fraction of sp³-hybridized carbons (Fsp3) is 0.429. The molecule has 0 aromatic heterocycles. The van der Waals surface area contributed by atoms with Crippen molar-refractivity contribution >= 4 is 45.5 Å². The molecule has 1 heterocycles. The second-order valence-corrected chi connectivity index (χ2v) is 6.56. The highest BCUT2D eigenvalue weighted by molar-refractivity contribution is 8.23. The Kier molecular flexibility index (Phi) is 5.60. The van der Waals surface area contributed by atoms with Gasteiger partial charge in [0.2, 0.25) is 0 Å². The molecule has 0 radical (unpaired) electrons. The van der Waals surface area contributed by atoms with Gasteiger partial charge in [0.15, 0.2) is 0 Å². The summed E-state index contributed by atoms with van der Waals surface area (Å²) in [5.41, 5.74) is 1.32. The minimum absolute atomic E-state index is 0.902. The summed E-state index contributed by atoms with van der Waals surface area (Å²) >= 11 is 12.5. The maximum Gasteiger partial charge on any atom is 0.141 e. The van der Waals surface area contributed by atoms with Crippen LogP contribution in [0.15, 0.2) is 24.3 Å². The van der Waals surface area contributed by atoms with Gasteiger partial charge in [-0.05, 0) is 37.0 Å². The first kappa shape index (κ1) is 14.8. The molecule has 0 spiro atoms. The Morgan fingerprint density at radius 3 is 2.68 bits per heavy atom. The number of rotatable bonds is 5. The lowest BCUT2D eigenvalue weighted by Gasteiger charge is -2.17. The van der Waals surface area contributed by atoms with Crippen LogP contribution in [-0.4, -0.2) is 33.6 Å². The van der Waals surface area contributed by atoms with E-state index in [1.165, 1.54) is 5.56 Å². The minimum Gasteiger partial charge on any atom is -0.497 e. The summed E-state index contributed by atoms with van der Waals surface area (Å²) in [6.07, 6.45) is 3.04. The molecule has 0 N–H and O–H groups in total. The van der Waals surface area contributed by atoms with Gasteiger partial charge in [-0.25, -0.2) is 0 Å². The molecule has 0 amide bonds. The summed E-state index contributed by atoms with van der Waals surface area (Å²) in [5.74, 6) is 1.97. The van der Waals surface area contributed by atoms with Gasteiger partial charge in [0.1, 0.15) is 10.1 Å². The number of thiocarbonyl (C=S) groups is 2. The molecule has 19 heavy (non-hydrogen) atoms. The van der Waals surface area contributed by atoms with Gasteiger partial charge < -0.3 is 9.64 Å². The number of aryl methyl sites for hydroxylation is 1. The zero-order valence-electron chi connectivity index (χ0n) is 10.9. The molecule has 2 nitrogen and oxygen atoms in total. The zero-order chi connectivity index (χ0) is 13.7. The van der Waals surface area contributed by atoms with Crippen molar-refractivity contribution in [3.05, 3.63) is 29.8 Å². The van der Waals surface area contributed by atoms with E-state index in [9.17, 15) is 0 Å². The van der Waals surface area contributed by atoms with Gasteiger partial charge in [-0.1, -0.05) is 48.3 Å². The van der Waals surface area contributed by atoms with Crippen molar-refractivity contribution < 1.29 is 4.74 Å². The molecule has 0 bridgehead atoms. The molecule has 1 saturated heterocycles. The molecule has 1 aliphatic heterocycles. The quantitative estimate of drug-likeness (QED) is 0.767. The molecule has 0 unspecified atom stereocenters. The van der Waals surface area contributed by atoms with E-state index in [-0.39, 0.29) is 0 Å². The third-order valence-electron chi connectivity index (χ3n) is 3.08. The molecular weight excluding hydrogens is 294 g/mol. The van der Waals surface area contributed by atoms with E-state index in [1.54, 1.807) is 18.9 Å². The minimum atomic E-state index is 0.902. The molecule has 102 valence electrons. The van der Waals surface area contributed by atoms with Crippen LogP contribution in [0, 0.1) is 0 Å². The van der Waals surface area contributed by atoms with E-state index in [0.717, 1.165) is 46.6 Å². The number of methoxy groups -OCH3 is 1. The molecule has 0 aliphatic carbocycles. The highest BCUT2D eigenvalue weighted by Crippen LogP contribution is 2.20. The number of nitrogens with zero attached hydrogens (tertiary/aromatic N) is 1. The number of ether oxygens (including phenoxy) is 1. The highest BCUT2D eigenvalue weighted by Gasteiger charge is 2.20. The Labute approximate surface area is 129 Å².